The third-order valence-electron chi connectivity index (χ3n) is 2.85. The van der Waals surface area contributed by atoms with Gasteiger partial charge in [-0.15, -0.1) is 0 Å². The first-order valence-electron chi connectivity index (χ1n) is 5.30. The van der Waals surface area contributed by atoms with Crippen molar-refractivity contribution in [2.45, 2.75) is 6.92 Å². The van der Waals surface area contributed by atoms with Crippen molar-refractivity contribution in [3.8, 4) is 0 Å². The van der Waals surface area contributed by atoms with Crippen molar-refractivity contribution < 1.29 is 4.79 Å². The number of carbonyl (C=O) groups is 1. The summed E-state index contributed by atoms with van der Waals surface area (Å²) in [6.45, 7) is 3.72. The fraction of sp³-hybridized carbons (Fsp3) is 0.455. The van der Waals surface area contributed by atoms with Crippen LogP contribution in [0.3, 0.4) is 0 Å². The Labute approximate surface area is 99.4 Å². The van der Waals surface area contributed by atoms with Crippen molar-refractivity contribution in [2.75, 3.05) is 18.4 Å². The van der Waals surface area contributed by atoms with Crippen molar-refractivity contribution in [3.05, 3.63) is 23.5 Å². The standard InChI is InChI=1S/C11H14ClN3O/c1-7-4-13-6-9(7)11(16)15-8-2-3-10(12)14-5-8/h2-3,5,7,9,13H,4,6H2,1H3,(H,15,16)/t7-,9-/m1/s1. The first-order valence-corrected chi connectivity index (χ1v) is 5.68. The predicted octanol–water partition coefficient (Wildman–Crippen LogP) is 1.53. The minimum atomic E-state index is 0.0377. The van der Waals surface area contributed by atoms with Crippen LogP contribution in [0, 0.1) is 11.8 Å². The molecule has 0 spiro atoms. The Morgan fingerprint density at radius 3 is 2.94 bits per heavy atom. The molecule has 16 heavy (non-hydrogen) atoms. The lowest BCUT2D eigenvalue weighted by Gasteiger charge is -2.13. The molecule has 5 heteroatoms. The lowest BCUT2D eigenvalue weighted by atomic mass is 9.97. The first kappa shape index (κ1) is 11.4. The molecule has 0 saturated carbocycles. The smallest absolute Gasteiger partial charge is 0.229 e. The maximum atomic E-state index is 11.9. The number of rotatable bonds is 2. The molecule has 0 bridgehead atoms. The van der Waals surface area contributed by atoms with Crippen molar-refractivity contribution in [3.63, 3.8) is 0 Å². The summed E-state index contributed by atoms with van der Waals surface area (Å²) < 4.78 is 0. The Morgan fingerprint density at radius 2 is 2.38 bits per heavy atom. The van der Waals surface area contributed by atoms with E-state index in [0.29, 0.717) is 16.8 Å². The van der Waals surface area contributed by atoms with E-state index in [0.717, 1.165) is 13.1 Å². The van der Waals surface area contributed by atoms with Gasteiger partial charge in [-0.3, -0.25) is 4.79 Å². The molecule has 0 unspecified atom stereocenters. The van der Waals surface area contributed by atoms with Crippen molar-refractivity contribution >= 4 is 23.2 Å². The van der Waals surface area contributed by atoms with Gasteiger partial charge >= 0.3 is 0 Å². The molecule has 1 fully saturated rings. The van der Waals surface area contributed by atoms with Gasteiger partial charge in [0.1, 0.15) is 5.15 Å². The van der Waals surface area contributed by atoms with Gasteiger partial charge in [-0.2, -0.15) is 0 Å². The second kappa shape index (κ2) is 4.80. The zero-order valence-corrected chi connectivity index (χ0v) is 9.79. The fourth-order valence-corrected chi connectivity index (χ4v) is 1.96. The van der Waals surface area contributed by atoms with Gasteiger partial charge in [0, 0.05) is 6.54 Å². The normalized spacial score (nSPS) is 24.4. The zero-order chi connectivity index (χ0) is 11.5. The van der Waals surface area contributed by atoms with Crippen LogP contribution in [0.4, 0.5) is 5.69 Å². The van der Waals surface area contributed by atoms with Gasteiger partial charge in [0.25, 0.3) is 0 Å². The molecule has 0 aliphatic carbocycles. The van der Waals surface area contributed by atoms with Gasteiger partial charge in [0.05, 0.1) is 17.8 Å². The molecule has 2 N–H and O–H groups in total. The van der Waals surface area contributed by atoms with Crippen molar-refractivity contribution in [1.82, 2.24) is 10.3 Å². The lowest BCUT2D eigenvalue weighted by Crippen LogP contribution is -2.27. The van der Waals surface area contributed by atoms with E-state index in [9.17, 15) is 4.79 Å². The van der Waals surface area contributed by atoms with Gasteiger partial charge in [-0.05, 0) is 24.6 Å². The number of pyridine rings is 1. The van der Waals surface area contributed by atoms with Crippen molar-refractivity contribution in [1.29, 1.82) is 0 Å². The minimum absolute atomic E-state index is 0.0377. The highest BCUT2D eigenvalue weighted by atomic mass is 35.5. The van der Waals surface area contributed by atoms with E-state index < -0.39 is 0 Å². The van der Waals surface area contributed by atoms with Gasteiger partial charge in [-0.25, -0.2) is 4.98 Å². The summed E-state index contributed by atoms with van der Waals surface area (Å²) in [5, 5.41) is 6.47. The van der Waals surface area contributed by atoms with Gasteiger partial charge in [-0.1, -0.05) is 18.5 Å². The molecule has 86 valence electrons. The second-order valence-electron chi connectivity index (χ2n) is 4.10. The SMILES string of the molecule is C[C@@H]1CNC[C@H]1C(=O)Nc1ccc(Cl)nc1. The summed E-state index contributed by atoms with van der Waals surface area (Å²) in [7, 11) is 0. The van der Waals surface area contributed by atoms with Gasteiger partial charge < -0.3 is 10.6 Å². The zero-order valence-electron chi connectivity index (χ0n) is 9.03. The largest absolute Gasteiger partial charge is 0.324 e. The van der Waals surface area contributed by atoms with Crippen LogP contribution in [0.25, 0.3) is 0 Å². The van der Waals surface area contributed by atoms with E-state index >= 15 is 0 Å². The Bertz CT molecular complexity index is 379. The Hall–Kier alpha value is -1.13. The molecule has 0 radical (unpaired) electrons. The first-order chi connectivity index (χ1) is 7.66. The van der Waals surface area contributed by atoms with E-state index in [2.05, 4.69) is 22.5 Å². The summed E-state index contributed by atoms with van der Waals surface area (Å²) >= 11 is 5.66. The molecule has 0 aromatic carbocycles. The third-order valence-corrected chi connectivity index (χ3v) is 3.07. The maximum Gasteiger partial charge on any atom is 0.229 e. The number of anilines is 1. The van der Waals surface area contributed by atoms with E-state index in [4.69, 9.17) is 11.6 Å². The number of carbonyl (C=O) groups excluding carboxylic acids is 1. The minimum Gasteiger partial charge on any atom is -0.324 e. The van der Waals surface area contributed by atoms with Crippen LogP contribution in [-0.4, -0.2) is 24.0 Å². The molecule has 4 nitrogen and oxygen atoms in total. The molecule has 1 aliphatic heterocycles. The number of aromatic nitrogens is 1. The lowest BCUT2D eigenvalue weighted by molar-refractivity contribution is -0.120. The van der Waals surface area contributed by atoms with Crippen molar-refractivity contribution in [2.24, 2.45) is 11.8 Å². The quantitative estimate of drug-likeness (QED) is 0.770. The highest BCUT2D eigenvalue weighted by molar-refractivity contribution is 6.29. The van der Waals surface area contributed by atoms with Gasteiger partial charge in [0.2, 0.25) is 5.91 Å². The third kappa shape index (κ3) is 2.51. The van der Waals surface area contributed by atoms with Crippen LogP contribution in [0.15, 0.2) is 18.3 Å². The summed E-state index contributed by atoms with van der Waals surface area (Å²) in [5.74, 6) is 0.456. The van der Waals surface area contributed by atoms with Crippen LogP contribution in [0.2, 0.25) is 5.15 Å². The number of hydrogen-bond acceptors (Lipinski definition) is 3. The van der Waals surface area contributed by atoms with Crippen LogP contribution in [0.5, 0.6) is 0 Å². The fourth-order valence-electron chi connectivity index (χ4n) is 1.85. The molecule has 1 amide bonds. The number of nitrogens with one attached hydrogen (secondary N) is 2. The molecule has 2 atom stereocenters. The molecular formula is C11H14ClN3O. The molecule has 1 aromatic heterocycles. The van der Waals surface area contributed by atoms with Crippen LogP contribution in [0.1, 0.15) is 6.92 Å². The van der Waals surface area contributed by atoms with Crippen LogP contribution >= 0.6 is 11.6 Å². The summed E-state index contributed by atoms with van der Waals surface area (Å²) in [6, 6.07) is 3.41. The maximum absolute atomic E-state index is 11.9. The molecule has 1 aliphatic rings. The number of halogens is 1. The average Bonchev–Trinajstić information content (AvgIpc) is 2.68. The molecule has 2 heterocycles. The van der Waals surface area contributed by atoms with Crippen LogP contribution < -0.4 is 10.6 Å². The molecule has 2 rings (SSSR count). The van der Waals surface area contributed by atoms with E-state index in [1.807, 2.05) is 0 Å². The number of hydrogen-bond donors (Lipinski definition) is 2. The number of nitrogens with zero attached hydrogens (tertiary/aromatic N) is 1. The predicted molar refractivity (Wildman–Crippen MR) is 63.4 cm³/mol. The summed E-state index contributed by atoms with van der Waals surface area (Å²) in [4.78, 5) is 15.8. The van der Waals surface area contributed by atoms with Gasteiger partial charge in [0.15, 0.2) is 0 Å². The molecule has 1 aromatic rings. The van der Waals surface area contributed by atoms with E-state index in [1.54, 1.807) is 18.3 Å². The Morgan fingerprint density at radius 1 is 1.56 bits per heavy atom. The van der Waals surface area contributed by atoms with Crippen LogP contribution in [-0.2, 0) is 4.79 Å². The molecular weight excluding hydrogens is 226 g/mol. The van der Waals surface area contributed by atoms with E-state index in [-0.39, 0.29) is 11.8 Å². The average molecular weight is 240 g/mol. The second-order valence-corrected chi connectivity index (χ2v) is 4.49. The monoisotopic (exact) mass is 239 g/mol. The summed E-state index contributed by atoms with van der Waals surface area (Å²) in [5.41, 5.74) is 0.688. The highest BCUT2D eigenvalue weighted by Crippen LogP contribution is 2.18. The Kier molecular flexibility index (Phi) is 3.41. The topological polar surface area (TPSA) is 54.0 Å². The highest BCUT2D eigenvalue weighted by Gasteiger charge is 2.29. The summed E-state index contributed by atoms with van der Waals surface area (Å²) in [6.07, 6.45) is 1.56. The number of amides is 1. The van der Waals surface area contributed by atoms with E-state index in [1.165, 1.54) is 0 Å². The Balaban J connectivity index is 1.99. The molecule has 1 saturated heterocycles.